The first-order valence-electron chi connectivity index (χ1n) is 40.2. The molecule has 5 aliphatic carbocycles. The zero-order valence-electron chi connectivity index (χ0n) is 65.7. The highest BCUT2D eigenvalue weighted by Crippen LogP contribution is 2.47. The van der Waals surface area contributed by atoms with Gasteiger partial charge in [0.05, 0.1) is 114 Å². The number of nitrogens with one attached hydrogen (secondary N) is 4. The number of methoxy groups -OCH3 is 2. The Balaban J connectivity index is 0.000000134. The van der Waals surface area contributed by atoms with Gasteiger partial charge in [0.25, 0.3) is 0 Å². The zero-order valence-corrected chi connectivity index (χ0v) is 66.5. The number of allylic oxidation sites excluding steroid dienone is 2. The summed E-state index contributed by atoms with van der Waals surface area (Å²) in [7, 11) is 3.37. The summed E-state index contributed by atoms with van der Waals surface area (Å²) < 4.78 is 56.5. The number of hydrogen-bond acceptors (Lipinski definition) is 21. The van der Waals surface area contributed by atoms with Crippen molar-refractivity contribution < 1.29 is 42.8 Å². The summed E-state index contributed by atoms with van der Waals surface area (Å²) in [5.41, 5.74) is 15.2. The number of H-pyrrole nitrogens is 1. The lowest BCUT2D eigenvalue weighted by atomic mass is 9.84. The fourth-order valence-electron chi connectivity index (χ4n) is 18.1. The number of halogens is 3. The third-order valence-electron chi connectivity index (χ3n) is 23.8. The lowest BCUT2D eigenvalue weighted by Gasteiger charge is -2.34. The second-order valence-corrected chi connectivity index (χ2v) is 34.2. The topological polar surface area (TPSA) is 302 Å². The predicted molar refractivity (Wildman–Crippen MR) is 426 cm³/mol. The molecule has 4 saturated carbocycles. The van der Waals surface area contributed by atoms with Gasteiger partial charge in [-0.15, -0.1) is 26.6 Å². The highest BCUT2D eigenvalue weighted by molar-refractivity contribution is 7.11. The van der Waals surface area contributed by atoms with Crippen LogP contribution in [0.3, 0.4) is 0 Å². The lowest BCUT2D eigenvalue weighted by Crippen LogP contribution is -2.48. The third kappa shape index (κ3) is 17.4. The highest BCUT2D eigenvalue weighted by atomic mass is 32.1. The maximum atomic E-state index is 13.8. The number of hydrogen-bond donors (Lipinski definition) is 7. The molecule has 4 fully saturated rings. The number of anilines is 4. The molecule has 7 N–H and O–H groups in total. The van der Waals surface area contributed by atoms with Crippen molar-refractivity contribution in [2.45, 2.75) is 249 Å². The number of aryl methyl sites for hydroxylation is 2. The Hall–Kier alpha value is -8.94. The molecule has 598 valence electrons. The second kappa shape index (κ2) is 33.2. The Bertz CT molecular complexity index is 4980. The number of aliphatic hydroxyl groups excluding tert-OH is 3. The number of carbonyl (C=O) groups is 1. The van der Waals surface area contributed by atoms with E-state index in [1.165, 1.54) is 48.0 Å². The van der Waals surface area contributed by atoms with Crippen LogP contribution in [-0.4, -0.2) is 183 Å². The van der Waals surface area contributed by atoms with Crippen LogP contribution in [-0.2, 0) is 45.7 Å². The SMILES string of the molecule is COC[C@H](C)Nc1ncc2c(-c3ccnc(N4CCc5nc(C)[nH]c5C4)c3)cc(C3CCC(O)CC3)n2n1.COC[C@H](C)Nc1ncc2c(-c3cnn(C(C)(C)C(=O)N4CCc5sc(C)nc5C4)c3)cc(C3CCC(O)CC3)n2n1.C[C@@H](CC(F)(F)F)Nc1ncc2c(C3=C[C@@H]4CC[C@H](C3)C4)cc(C3CCC(O)CC3)n2n1. The maximum Gasteiger partial charge on any atom is 0.391 e. The van der Waals surface area contributed by atoms with Crippen LogP contribution in [0.15, 0.2) is 73.6 Å². The first-order valence-corrected chi connectivity index (χ1v) is 41.0. The summed E-state index contributed by atoms with van der Waals surface area (Å²) >= 11 is 1.73. The fourth-order valence-corrected chi connectivity index (χ4v) is 19.0. The van der Waals surface area contributed by atoms with Crippen molar-refractivity contribution in [3.05, 3.63) is 129 Å². The van der Waals surface area contributed by atoms with Gasteiger partial charge in [0, 0.05) is 133 Å². The number of aromatic amines is 1. The molecule has 17 rings (SSSR count). The van der Waals surface area contributed by atoms with E-state index in [1.54, 1.807) is 36.4 Å². The molecule has 0 spiro atoms. The molecule has 112 heavy (non-hydrogen) atoms. The van der Waals surface area contributed by atoms with Crippen LogP contribution in [0.4, 0.5) is 36.8 Å². The van der Waals surface area contributed by atoms with Gasteiger partial charge in [0.1, 0.15) is 17.2 Å². The standard InChI is InChI=1S/C30H40N8O3S.C28H36N8O2.C24H31F3N4O/c1-18(17-41-5)33-29-31-14-26-23(12-25(38(26)35-29)20-6-8-22(39)9-7-20)21-13-32-37(15-21)30(3,4)28(40)36-11-10-27-24(16-36)34-19(2)42-27;1-17(16-38-3)31-28-30-14-26-22(13-25(36(26)34-28)19-4-6-21(37)7-5-19)20-8-10-29-27(12-20)35-11-9-23-24(15-35)33-18(2)32-23;1-14(12-24(25,26)27)29-23-28-13-22-20(18-9-15-2-3-16(8-15)10-18)11-21(31(22)30-23)17-4-6-19(32)7-5-17/h12-15,18,20,22,39H,6-11,16-17H2,1-5H3,(H,33,35);8,10,12-14,17,19,21,37H,4-7,9,11,15-16H2,1-3H3,(H,31,34)(H,32,33);9,11,13-17,19,32H,2-8,10,12H2,1H3,(H,29,30)/t18-,20?,22?;17-,19?,21?;14-,15+,16-,17?,19?/m000/s1. The Kier molecular flexibility index (Phi) is 23.3. The summed E-state index contributed by atoms with van der Waals surface area (Å²) in [6.07, 6.45) is 24.6. The Morgan fingerprint density at radius 3 is 1.71 bits per heavy atom. The van der Waals surface area contributed by atoms with E-state index in [9.17, 15) is 33.3 Å². The molecule has 30 heteroatoms. The van der Waals surface area contributed by atoms with Crippen molar-refractivity contribution in [3.8, 4) is 22.3 Å². The van der Waals surface area contributed by atoms with E-state index in [-0.39, 0.29) is 54.1 Å². The monoisotopic (exact) mass is 1560 g/mol. The minimum atomic E-state index is -4.24. The molecule has 2 bridgehead atoms. The van der Waals surface area contributed by atoms with Gasteiger partial charge in [-0.2, -0.15) is 18.3 Å². The van der Waals surface area contributed by atoms with E-state index >= 15 is 0 Å². The van der Waals surface area contributed by atoms with Crippen LogP contribution >= 0.6 is 11.3 Å². The van der Waals surface area contributed by atoms with Gasteiger partial charge in [0.2, 0.25) is 23.8 Å². The number of aromatic nitrogens is 15. The van der Waals surface area contributed by atoms with E-state index in [4.69, 9.17) is 29.8 Å². The van der Waals surface area contributed by atoms with Crippen molar-refractivity contribution in [1.82, 2.24) is 78.4 Å². The van der Waals surface area contributed by atoms with Crippen LogP contribution in [0, 0.1) is 25.7 Å². The van der Waals surface area contributed by atoms with Crippen molar-refractivity contribution in [2.75, 3.05) is 61.4 Å². The third-order valence-corrected chi connectivity index (χ3v) is 24.9. The average Bonchev–Trinajstić information content (AvgIpc) is 1.63. The number of rotatable bonds is 20. The molecule has 12 heterocycles. The number of amides is 1. The second-order valence-electron chi connectivity index (χ2n) is 32.9. The summed E-state index contributed by atoms with van der Waals surface area (Å²) in [5, 5.41) is 59.9. The van der Waals surface area contributed by atoms with Crippen molar-refractivity contribution in [2.24, 2.45) is 11.8 Å². The molecule has 0 saturated heterocycles. The molecule has 10 aromatic heterocycles. The fraction of sp³-hybridized carbons (Fsp3) is 0.573. The normalized spacial score (nSPS) is 22.8. The number of carbonyl (C=O) groups excluding carboxylic acids is 1. The first-order chi connectivity index (χ1) is 53.9. The van der Waals surface area contributed by atoms with E-state index in [1.807, 2.05) is 91.0 Å². The van der Waals surface area contributed by atoms with Crippen LogP contribution < -0.4 is 20.9 Å². The minimum absolute atomic E-state index is 0.0286. The highest BCUT2D eigenvalue weighted by Gasteiger charge is 2.39. The number of nitrogens with zero attached hydrogens (tertiary/aromatic N) is 16. The van der Waals surface area contributed by atoms with Crippen LogP contribution in [0.1, 0.15) is 217 Å². The molecular weight excluding hydrogens is 1450 g/mol. The molecule has 0 unspecified atom stereocenters. The molecule has 0 radical (unpaired) electrons. The number of aliphatic hydroxyl groups is 3. The summed E-state index contributed by atoms with van der Waals surface area (Å²) in [6, 6.07) is 10.2. The van der Waals surface area contributed by atoms with Crippen molar-refractivity contribution >= 4 is 63.0 Å². The molecule has 2 aliphatic heterocycles. The molecule has 1 amide bonds. The van der Waals surface area contributed by atoms with Crippen LogP contribution in [0.2, 0.25) is 0 Å². The minimum Gasteiger partial charge on any atom is -0.393 e. The number of fused-ring (bicyclic) bond motifs is 7. The smallest absolute Gasteiger partial charge is 0.391 e. The van der Waals surface area contributed by atoms with Gasteiger partial charge in [-0.05, 0) is 205 Å². The van der Waals surface area contributed by atoms with Crippen molar-refractivity contribution in [1.29, 1.82) is 0 Å². The zero-order chi connectivity index (χ0) is 78.3. The molecule has 0 aromatic carbocycles. The molecule has 7 aliphatic rings. The van der Waals surface area contributed by atoms with Gasteiger partial charge < -0.3 is 55.5 Å². The quantitative estimate of drug-likeness (QED) is 0.0373. The largest absolute Gasteiger partial charge is 0.393 e. The number of imidazole rings is 1. The van der Waals surface area contributed by atoms with Gasteiger partial charge in [-0.25, -0.2) is 43.5 Å². The number of pyridine rings is 1. The maximum absolute atomic E-state index is 13.8. The van der Waals surface area contributed by atoms with Gasteiger partial charge in [0.15, 0.2) is 0 Å². The Morgan fingerprint density at radius 1 is 0.634 bits per heavy atom. The summed E-state index contributed by atoms with van der Waals surface area (Å²) in [5.74, 6) is 5.56. The first kappa shape index (κ1) is 78.3. The van der Waals surface area contributed by atoms with Crippen LogP contribution in [0.5, 0.6) is 0 Å². The van der Waals surface area contributed by atoms with Crippen LogP contribution in [0.25, 0.3) is 44.4 Å². The number of thiazole rings is 1. The molecule has 26 nitrogen and oxygen atoms in total. The number of ether oxygens (including phenoxy) is 2. The van der Waals surface area contributed by atoms with E-state index in [0.717, 1.165) is 199 Å². The van der Waals surface area contributed by atoms with E-state index in [0.29, 0.717) is 50.0 Å². The van der Waals surface area contributed by atoms with Gasteiger partial charge in [-0.1, -0.05) is 6.08 Å². The van der Waals surface area contributed by atoms with Crippen molar-refractivity contribution in [3.63, 3.8) is 0 Å². The van der Waals surface area contributed by atoms with E-state index < -0.39 is 24.2 Å². The average molecular weight is 1560 g/mol. The van der Waals surface area contributed by atoms with Gasteiger partial charge >= 0.3 is 6.18 Å². The lowest BCUT2D eigenvalue weighted by molar-refractivity contribution is -0.141. The predicted octanol–water partition coefficient (Wildman–Crippen LogP) is 13.7. The van der Waals surface area contributed by atoms with E-state index in [2.05, 4.69) is 92.3 Å². The summed E-state index contributed by atoms with van der Waals surface area (Å²) in [6.45, 7) is 17.4. The molecular formula is C82H107F3N20O6S. The Morgan fingerprint density at radius 2 is 1.17 bits per heavy atom. The Labute approximate surface area is 654 Å². The summed E-state index contributed by atoms with van der Waals surface area (Å²) in [4.78, 5) is 50.3. The molecule has 5 atom stereocenters. The number of alkyl halides is 3. The van der Waals surface area contributed by atoms with Gasteiger partial charge in [-0.3, -0.25) is 9.48 Å². The molecule has 10 aromatic rings.